The molecule has 0 fully saturated rings. The van der Waals surface area contributed by atoms with Gasteiger partial charge < -0.3 is 10.1 Å². The van der Waals surface area contributed by atoms with E-state index in [1.807, 2.05) is 60.7 Å². The van der Waals surface area contributed by atoms with Crippen molar-refractivity contribution >= 4 is 11.7 Å². The summed E-state index contributed by atoms with van der Waals surface area (Å²) in [5, 5.41) is 2.89. The van der Waals surface area contributed by atoms with Crippen LogP contribution >= 0.6 is 0 Å². The number of aromatic nitrogens is 1. The molecule has 2 aromatic carbocycles. The number of anilines is 1. The van der Waals surface area contributed by atoms with Gasteiger partial charge in [-0.2, -0.15) is 0 Å². The van der Waals surface area contributed by atoms with Gasteiger partial charge in [-0.1, -0.05) is 42.5 Å². The molecule has 3 aromatic rings. The van der Waals surface area contributed by atoms with Crippen molar-refractivity contribution in [3.63, 3.8) is 0 Å². The van der Waals surface area contributed by atoms with Gasteiger partial charge in [-0.05, 0) is 24.3 Å². The highest BCUT2D eigenvalue weighted by atomic mass is 16.5. The molecule has 23 heavy (non-hydrogen) atoms. The average molecular weight is 302 g/mol. The van der Waals surface area contributed by atoms with Gasteiger partial charge in [0.1, 0.15) is 17.3 Å². The highest BCUT2D eigenvalue weighted by Crippen LogP contribution is 2.44. The lowest BCUT2D eigenvalue weighted by Crippen LogP contribution is -2.25. The molecule has 0 aliphatic carbocycles. The molecule has 4 rings (SSSR count). The van der Waals surface area contributed by atoms with Crippen molar-refractivity contribution < 1.29 is 9.53 Å². The summed E-state index contributed by atoms with van der Waals surface area (Å²) in [5.74, 6) is 1.43. The molecular weight excluding hydrogens is 288 g/mol. The van der Waals surface area contributed by atoms with Gasteiger partial charge in [-0.15, -0.1) is 0 Å². The predicted molar refractivity (Wildman–Crippen MR) is 87.7 cm³/mol. The maximum absolute atomic E-state index is 12.9. The summed E-state index contributed by atoms with van der Waals surface area (Å²) in [4.78, 5) is 17.0. The normalized spacial score (nSPS) is 12.7. The van der Waals surface area contributed by atoms with Crippen molar-refractivity contribution in [2.24, 2.45) is 0 Å². The zero-order valence-electron chi connectivity index (χ0n) is 12.3. The molecule has 0 unspecified atom stereocenters. The number of amides is 1. The molecule has 0 saturated carbocycles. The summed E-state index contributed by atoms with van der Waals surface area (Å²) in [6.45, 7) is 0. The highest BCUT2D eigenvalue weighted by Gasteiger charge is 2.32. The topological polar surface area (TPSA) is 51.2 Å². The van der Waals surface area contributed by atoms with E-state index in [2.05, 4.69) is 10.3 Å². The minimum absolute atomic E-state index is 0.119. The summed E-state index contributed by atoms with van der Waals surface area (Å²) in [6.07, 6.45) is 1.65. The van der Waals surface area contributed by atoms with Crippen LogP contribution in [0.15, 0.2) is 72.9 Å². The summed E-state index contributed by atoms with van der Waals surface area (Å²) in [7, 11) is 0. The second-order valence-corrected chi connectivity index (χ2v) is 5.31. The van der Waals surface area contributed by atoms with E-state index in [9.17, 15) is 4.79 Å². The number of carbonyl (C=O) groups excluding carboxylic acids is 1. The number of hydrogen-bond donors (Lipinski definition) is 1. The number of nitrogens with one attached hydrogen (secondary N) is 1. The Kier molecular flexibility index (Phi) is 3.27. The van der Waals surface area contributed by atoms with Crippen molar-refractivity contribution in [1.29, 1.82) is 0 Å². The first-order chi connectivity index (χ1) is 11.3. The summed E-state index contributed by atoms with van der Waals surface area (Å²) in [5.41, 5.74) is 1.72. The SMILES string of the molecule is O=C(Nc1ccccn1)C1c2ccccc2Oc2ccccc21. The molecule has 1 amide bonds. The van der Waals surface area contributed by atoms with Crippen LogP contribution in [-0.4, -0.2) is 10.9 Å². The predicted octanol–water partition coefficient (Wildman–Crippen LogP) is 3.96. The molecule has 1 aromatic heterocycles. The van der Waals surface area contributed by atoms with Crippen LogP contribution in [0.3, 0.4) is 0 Å². The molecule has 0 saturated heterocycles. The van der Waals surface area contributed by atoms with Gasteiger partial charge in [-0.3, -0.25) is 4.79 Å². The molecule has 1 aliphatic rings. The smallest absolute Gasteiger partial charge is 0.237 e. The number of nitrogens with zero attached hydrogens (tertiary/aromatic N) is 1. The fourth-order valence-corrected chi connectivity index (χ4v) is 2.83. The molecule has 0 radical (unpaired) electrons. The molecule has 1 N–H and O–H groups in total. The number of para-hydroxylation sites is 2. The van der Waals surface area contributed by atoms with Gasteiger partial charge in [0, 0.05) is 17.3 Å². The first-order valence-electron chi connectivity index (χ1n) is 7.40. The van der Waals surface area contributed by atoms with Gasteiger partial charge >= 0.3 is 0 Å². The summed E-state index contributed by atoms with van der Waals surface area (Å²) >= 11 is 0. The lowest BCUT2D eigenvalue weighted by Gasteiger charge is -2.27. The lowest BCUT2D eigenvalue weighted by molar-refractivity contribution is -0.116. The van der Waals surface area contributed by atoms with E-state index in [-0.39, 0.29) is 5.91 Å². The highest BCUT2D eigenvalue weighted by molar-refractivity contribution is 5.98. The monoisotopic (exact) mass is 302 g/mol. The van der Waals surface area contributed by atoms with E-state index in [1.54, 1.807) is 12.3 Å². The number of pyridine rings is 1. The van der Waals surface area contributed by atoms with Gasteiger partial charge in [0.05, 0.1) is 5.92 Å². The molecule has 1 aliphatic heterocycles. The van der Waals surface area contributed by atoms with Crippen molar-refractivity contribution in [3.8, 4) is 11.5 Å². The number of hydrogen-bond acceptors (Lipinski definition) is 3. The Bertz CT molecular complexity index is 817. The Morgan fingerprint density at radius 1 is 0.870 bits per heavy atom. The third-order valence-corrected chi connectivity index (χ3v) is 3.86. The largest absolute Gasteiger partial charge is 0.457 e. The van der Waals surface area contributed by atoms with E-state index < -0.39 is 5.92 Å². The first kappa shape index (κ1) is 13.5. The average Bonchev–Trinajstić information content (AvgIpc) is 2.60. The lowest BCUT2D eigenvalue weighted by atomic mass is 9.87. The molecule has 0 bridgehead atoms. The van der Waals surface area contributed by atoms with Crippen molar-refractivity contribution in [1.82, 2.24) is 4.98 Å². The maximum atomic E-state index is 12.9. The zero-order chi connectivity index (χ0) is 15.6. The van der Waals surface area contributed by atoms with Gasteiger partial charge in [0.15, 0.2) is 0 Å². The van der Waals surface area contributed by atoms with Crippen LogP contribution in [0.2, 0.25) is 0 Å². The molecule has 112 valence electrons. The second-order valence-electron chi connectivity index (χ2n) is 5.31. The van der Waals surface area contributed by atoms with Gasteiger partial charge in [0.25, 0.3) is 0 Å². The van der Waals surface area contributed by atoms with E-state index in [1.165, 1.54) is 0 Å². The van der Waals surface area contributed by atoms with Crippen molar-refractivity contribution in [2.75, 3.05) is 5.32 Å². The maximum Gasteiger partial charge on any atom is 0.237 e. The van der Waals surface area contributed by atoms with E-state index in [4.69, 9.17) is 4.74 Å². The minimum atomic E-state index is -0.418. The summed E-state index contributed by atoms with van der Waals surface area (Å²) < 4.78 is 5.91. The second kappa shape index (κ2) is 5.57. The minimum Gasteiger partial charge on any atom is -0.457 e. The number of rotatable bonds is 2. The molecule has 0 spiro atoms. The van der Waals surface area contributed by atoms with Gasteiger partial charge in [0.2, 0.25) is 5.91 Å². The number of ether oxygens (including phenoxy) is 1. The van der Waals surface area contributed by atoms with Crippen molar-refractivity contribution in [2.45, 2.75) is 5.92 Å². The Morgan fingerprint density at radius 3 is 2.09 bits per heavy atom. The van der Waals surface area contributed by atoms with Crippen LogP contribution in [-0.2, 0) is 4.79 Å². The Balaban J connectivity index is 1.77. The number of fused-ring (bicyclic) bond motifs is 2. The first-order valence-corrected chi connectivity index (χ1v) is 7.40. The fraction of sp³-hybridized carbons (Fsp3) is 0.0526. The molecule has 4 heteroatoms. The molecule has 2 heterocycles. The molecule has 0 atom stereocenters. The van der Waals surface area contributed by atoms with E-state index in [0.717, 1.165) is 11.1 Å². The van der Waals surface area contributed by atoms with E-state index in [0.29, 0.717) is 17.3 Å². The fourth-order valence-electron chi connectivity index (χ4n) is 2.83. The number of benzene rings is 2. The molecular formula is C19H14N2O2. The van der Waals surface area contributed by atoms with Crippen LogP contribution in [0.5, 0.6) is 11.5 Å². The Labute approximate surface area is 133 Å². The van der Waals surface area contributed by atoms with Gasteiger partial charge in [-0.25, -0.2) is 4.98 Å². The zero-order valence-corrected chi connectivity index (χ0v) is 12.3. The van der Waals surface area contributed by atoms with Crippen molar-refractivity contribution in [3.05, 3.63) is 84.1 Å². The molecule has 4 nitrogen and oxygen atoms in total. The van der Waals surface area contributed by atoms with Crippen LogP contribution < -0.4 is 10.1 Å². The van der Waals surface area contributed by atoms with Crippen LogP contribution in [0.25, 0.3) is 0 Å². The standard InChI is InChI=1S/C19H14N2O2/c22-19(21-17-11-5-6-12-20-17)18-13-7-1-3-9-15(13)23-16-10-4-2-8-14(16)18/h1-12,18H,(H,20,21,22). The van der Waals surface area contributed by atoms with Crippen LogP contribution in [0, 0.1) is 0 Å². The quantitative estimate of drug-likeness (QED) is 0.779. The Morgan fingerprint density at radius 2 is 1.48 bits per heavy atom. The van der Waals surface area contributed by atoms with Crippen LogP contribution in [0.4, 0.5) is 5.82 Å². The van der Waals surface area contributed by atoms with Crippen LogP contribution in [0.1, 0.15) is 17.0 Å². The third-order valence-electron chi connectivity index (χ3n) is 3.86. The Hall–Kier alpha value is -3.14. The third kappa shape index (κ3) is 2.44. The summed E-state index contributed by atoms with van der Waals surface area (Å²) in [6, 6.07) is 20.7. The van der Waals surface area contributed by atoms with E-state index >= 15 is 0 Å². The number of carbonyl (C=O) groups is 1.